The highest BCUT2D eigenvalue weighted by molar-refractivity contribution is 5.88. The number of nitrogens with zero attached hydrogens (tertiary/aromatic N) is 2. The molecule has 1 atom stereocenters. The minimum Gasteiger partial charge on any atom is -0.460 e. The zero-order chi connectivity index (χ0) is 19.9. The van der Waals surface area contributed by atoms with Crippen molar-refractivity contribution in [1.82, 2.24) is 9.55 Å². The second-order valence-electron chi connectivity index (χ2n) is 7.97. The van der Waals surface area contributed by atoms with E-state index in [-0.39, 0.29) is 24.9 Å². The molecule has 0 bridgehead atoms. The number of pyridine rings is 2. The minimum atomic E-state index is -0.825. The fourth-order valence-electron chi connectivity index (χ4n) is 4.54. The molecule has 6 rings (SSSR count). The molecule has 3 aromatic rings. The van der Waals surface area contributed by atoms with Gasteiger partial charge < -0.3 is 18.8 Å². The third-order valence-corrected chi connectivity index (χ3v) is 6.46. The Morgan fingerprint density at radius 2 is 1.90 bits per heavy atom. The van der Waals surface area contributed by atoms with Crippen molar-refractivity contribution in [2.45, 2.75) is 38.8 Å². The number of hydrogen-bond donors (Lipinski definition) is 0. The lowest BCUT2D eigenvalue weighted by atomic mass is 9.76. The van der Waals surface area contributed by atoms with Crippen LogP contribution in [0.1, 0.15) is 37.0 Å². The number of esters is 1. The molecule has 0 saturated heterocycles. The van der Waals surface area contributed by atoms with Crippen LogP contribution >= 0.6 is 0 Å². The molecule has 7 nitrogen and oxygen atoms in total. The smallest absolute Gasteiger partial charge is 0.316 e. The number of ether oxygens (including phenoxy) is 3. The van der Waals surface area contributed by atoms with Gasteiger partial charge in [-0.2, -0.15) is 0 Å². The number of carbonyl (C=O) groups is 1. The van der Waals surface area contributed by atoms with Gasteiger partial charge in [-0.25, -0.2) is 4.98 Å². The Morgan fingerprint density at radius 1 is 1.10 bits per heavy atom. The predicted molar refractivity (Wildman–Crippen MR) is 104 cm³/mol. The van der Waals surface area contributed by atoms with Crippen LogP contribution in [0.15, 0.2) is 29.1 Å². The van der Waals surface area contributed by atoms with Gasteiger partial charge in [-0.1, -0.05) is 6.92 Å². The second kappa shape index (κ2) is 5.37. The first-order valence-electron chi connectivity index (χ1n) is 9.67. The topological polar surface area (TPSA) is 79.7 Å². The van der Waals surface area contributed by atoms with Crippen molar-refractivity contribution in [2.75, 3.05) is 6.79 Å². The molecule has 0 saturated carbocycles. The quantitative estimate of drug-likeness (QED) is 0.465. The molecule has 0 spiro atoms. The summed E-state index contributed by atoms with van der Waals surface area (Å²) in [5.41, 5.74) is 3.66. The van der Waals surface area contributed by atoms with E-state index in [1.807, 2.05) is 38.1 Å². The van der Waals surface area contributed by atoms with E-state index in [1.54, 1.807) is 4.57 Å². The maximum Gasteiger partial charge on any atom is 0.316 e. The van der Waals surface area contributed by atoms with Crippen LogP contribution in [0.25, 0.3) is 22.3 Å². The molecule has 0 N–H and O–H groups in total. The van der Waals surface area contributed by atoms with Crippen LogP contribution in [0.2, 0.25) is 0 Å². The Morgan fingerprint density at radius 3 is 2.69 bits per heavy atom. The first-order chi connectivity index (χ1) is 14.0. The highest BCUT2D eigenvalue weighted by atomic mass is 16.7. The molecule has 3 aliphatic heterocycles. The maximum absolute atomic E-state index is 13.2. The van der Waals surface area contributed by atoms with Crippen molar-refractivity contribution in [2.24, 2.45) is 0 Å². The lowest BCUT2D eigenvalue weighted by molar-refractivity contribution is -0.153. The fraction of sp³-hybridized carbons (Fsp3) is 0.318. The molecule has 0 radical (unpaired) electrons. The number of carbonyl (C=O) groups excluding carboxylic acids is 1. The van der Waals surface area contributed by atoms with Gasteiger partial charge in [-0.3, -0.25) is 9.59 Å². The summed E-state index contributed by atoms with van der Waals surface area (Å²) >= 11 is 0. The lowest BCUT2D eigenvalue weighted by Crippen LogP contribution is -2.42. The lowest BCUT2D eigenvalue weighted by Gasteiger charge is -2.33. The third-order valence-electron chi connectivity index (χ3n) is 6.46. The number of aromatic nitrogens is 2. The Balaban J connectivity index is 1.61. The van der Waals surface area contributed by atoms with Gasteiger partial charge in [0.25, 0.3) is 5.56 Å². The van der Waals surface area contributed by atoms with Gasteiger partial charge in [0, 0.05) is 17.0 Å². The van der Waals surface area contributed by atoms with E-state index in [0.29, 0.717) is 30.0 Å². The van der Waals surface area contributed by atoms with Crippen molar-refractivity contribution in [1.29, 1.82) is 0 Å². The van der Waals surface area contributed by atoms with E-state index in [4.69, 9.17) is 19.2 Å². The Bertz CT molecular complexity index is 1310. The van der Waals surface area contributed by atoms with Crippen molar-refractivity contribution < 1.29 is 19.0 Å². The summed E-state index contributed by atoms with van der Waals surface area (Å²) in [7, 11) is 0. The van der Waals surface area contributed by atoms with Crippen molar-refractivity contribution in [3.63, 3.8) is 0 Å². The van der Waals surface area contributed by atoms with Gasteiger partial charge in [0.1, 0.15) is 6.61 Å². The van der Waals surface area contributed by atoms with Crippen LogP contribution in [0.3, 0.4) is 0 Å². The third kappa shape index (κ3) is 2.04. The molecule has 0 amide bonds. The second-order valence-corrected chi connectivity index (χ2v) is 7.97. The zero-order valence-electron chi connectivity index (χ0n) is 16.1. The van der Waals surface area contributed by atoms with Gasteiger partial charge in [0.2, 0.25) is 6.79 Å². The molecule has 7 heteroatoms. The molecule has 29 heavy (non-hydrogen) atoms. The molecule has 3 aliphatic rings. The van der Waals surface area contributed by atoms with Gasteiger partial charge in [-0.05, 0) is 37.1 Å². The summed E-state index contributed by atoms with van der Waals surface area (Å²) in [5.74, 6) is 1.10. The summed E-state index contributed by atoms with van der Waals surface area (Å²) in [4.78, 5) is 30.6. The van der Waals surface area contributed by atoms with E-state index in [9.17, 15) is 9.59 Å². The molecular formula is C22H18N2O5. The maximum atomic E-state index is 13.2. The average molecular weight is 390 g/mol. The van der Waals surface area contributed by atoms with E-state index in [1.165, 1.54) is 0 Å². The van der Waals surface area contributed by atoms with E-state index >= 15 is 0 Å². The number of hydrogen-bond acceptors (Lipinski definition) is 6. The predicted octanol–water partition coefficient (Wildman–Crippen LogP) is 2.88. The van der Waals surface area contributed by atoms with E-state index in [0.717, 1.165) is 33.4 Å². The first kappa shape index (κ1) is 16.6. The zero-order valence-corrected chi connectivity index (χ0v) is 16.1. The van der Waals surface area contributed by atoms with Crippen molar-refractivity contribution in [3.05, 3.63) is 51.3 Å². The molecular weight excluding hydrogens is 372 g/mol. The van der Waals surface area contributed by atoms with Crippen LogP contribution in [0, 0.1) is 0 Å². The molecule has 146 valence electrons. The Kier molecular flexibility index (Phi) is 3.07. The summed E-state index contributed by atoms with van der Waals surface area (Å²) in [6, 6.07) is 7.79. The normalized spacial score (nSPS) is 21.0. The monoisotopic (exact) mass is 390 g/mol. The number of benzene rings is 1. The van der Waals surface area contributed by atoms with E-state index < -0.39 is 5.41 Å². The molecule has 0 fully saturated rings. The minimum absolute atomic E-state index is 0.0238. The Labute approximate surface area is 165 Å². The van der Waals surface area contributed by atoms with Gasteiger partial charge >= 0.3 is 5.97 Å². The number of rotatable bonds is 1. The van der Waals surface area contributed by atoms with Gasteiger partial charge in [0.15, 0.2) is 11.5 Å². The van der Waals surface area contributed by atoms with Crippen molar-refractivity contribution in [3.8, 4) is 22.9 Å². The van der Waals surface area contributed by atoms with Crippen LogP contribution in [-0.4, -0.2) is 22.3 Å². The molecule has 2 aromatic heterocycles. The fourth-order valence-corrected chi connectivity index (χ4v) is 4.54. The van der Waals surface area contributed by atoms with Crippen LogP contribution in [-0.2, 0) is 28.1 Å². The summed E-state index contributed by atoms with van der Waals surface area (Å²) < 4.78 is 18.0. The number of cyclic esters (lactones) is 1. The average Bonchev–Trinajstić information content (AvgIpc) is 3.32. The van der Waals surface area contributed by atoms with E-state index in [2.05, 4.69) is 0 Å². The van der Waals surface area contributed by atoms with Gasteiger partial charge in [0.05, 0.1) is 34.4 Å². The van der Waals surface area contributed by atoms with Crippen LogP contribution < -0.4 is 15.0 Å². The SMILES string of the molecule is CCC1(C)C(=O)OCc2c1cc1n(c2=O)Cc2cc3cc4c(cc3nc2-1)OCO4. The summed E-state index contributed by atoms with van der Waals surface area (Å²) in [6.07, 6.45) is 0.559. The largest absolute Gasteiger partial charge is 0.460 e. The van der Waals surface area contributed by atoms with Crippen LogP contribution in [0.5, 0.6) is 11.5 Å². The van der Waals surface area contributed by atoms with Crippen molar-refractivity contribution >= 4 is 16.9 Å². The first-order valence-corrected chi connectivity index (χ1v) is 9.67. The standard InChI is InChI=1S/C22H18N2O5/c1-3-22(2)14-6-16-19-12(8-24(16)20(25)13(14)9-27-21(22)26)4-11-5-17-18(29-10-28-17)7-15(11)23-19/h4-7H,3,8-10H2,1-2H3. The highest BCUT2D eigenvalue weighted by Crippen LogP contribution is 2.41. The van der Waals surface area contributed by atoms with Gasteiger partial charge in [-0.15, -0.1) is 0 Å². The molecule has 5 heterocycles. The molecule has 1 unspecified atom stereocenters. The Hall–Kier alpha value is -3.35. The molecule has 1 aromatic carbocycles. The summed E-state index contributed by atoms with van der Waals surface area (Å²) in [5, 5.41) is 0.940. The number of fused-ring (bicyclic) bond motifs is 6. The highest BCUT2D eigenvalue weighted by Gasteiger charge is 2.43. The molecule has 0 aliphatic carbocycles. The summed E-state index contributed by atoms with van der Waals surface area (Å²) in [6.45, 7) is 4.46. The van der Waals surface area contributed by atoms with Crippen LogP contribution in [0.4, 0.5) is 0 Å².